The van der Waals surface area contributed by atoms with E-state index in [0.29, 0.717) is 5.82 Å². The van der Waals surface area contributed by atoms with Crippen molar-refractivity contribution >= 4 is 16.7 Å². The number of rotatable bonds is 3. The van der Waals surface area contributed by atoms with E-state index in [0.717, 1.165) is 33.3 Å². The molecule has 0 aliphatic rings. The molecule has 0 saturated heterocycles. The molecule has 0 aliphatic carbocycles. The predicted octanol–water partition coefficient (Wildman–Crippen LogP) is 3.50. The van der Waals surface area contributed by atoms with Gasteiger partial charge in [-0.25, -0.2) is 10.8 Å². The maximum absolute atomic E-state index is 5.66. The van der Waals surface area contributed by atoms with Crippen molar-refractivity contribution in [3.8, 4) is 16.9 Å². The molecule has 3 rings (SSSR count). The second kappa shape index (κ2) is 5.42. The Bertz CT molecular complexity index is 785. The summed E-state index contributed by atoms with van der Waals surface area (Å²) in [5, 5.41) is 1.06. The quantitative estimate of drug-likeness (QED) is 0.569. The molecule has 3 N–H and O–H groups in total. The van der Waals surface area contributed by atoms with E-state index >= 15 is 0 Å². The van der Waals surface area contributed by atoms with Crippen LogP contribution in [0.25, 0.3) is 22.0 Å². The normalized spacial score (nSPS) is 10.6. The fourth-order valence-electron chi connectivity index (χ4n) is 2.48. The number of pyridine rings is 1. The standard InChI is InChI=1S/C17H17N3O/c1-11-8-9-15(21-2)16-13(11)10-14(17(19-16)20-18)12-6-4-3-5-7-12/h3-10H,18H2,1-2H3,(H,19,20). The lowest BCUT2D eigenvalue weighted by Gasteiger charge is -2.13. The summed E-state index contributed by atoms with van der Waals surface area (Å²) < 4.78 is 5.40. The number of nitrogen functional groups attached to an aromatic ring is 1. The minimum atomic E-state index is 0.637. The molecule has 0 saturated carbocycles. The van der Waals surface area contributed by atoms with Crippen molar-refractivity contribution in [2.45, 2.75) is 6.92 Å². The van der Waals surface area contributed by atoms with Gasteiger partial charge < -0.3 is 10.2 Å². The van der Waals surface area contributed by atoms with E-state index in [4.69, 9.17) is 10.6 Å². The average molecular weight is 279 g/mol. The van der Waals surface area contributed by atoms with Gasteiger partial charge in [0.25, 0.3) is 0 Å². The highest BCUT2D eigenvalue weighted by molar-refractivity contribution is 5.94. The van der Waals surface area contributed by atoms with Crippen molar-refractivity contribution in [2.75, 3.05) is 12.5 Å². The number of nitrogens with two attached hydrogens (primary N) is 1. The van der Waals surface area contributed by atoms with Crippen LogP contribution >= 0.6 is 0 Å². The smallest absolute Gasteiger partial charge is 0.148 e. The van der Waals surface area contributed by atoms with Gasteiger partial charge in [-0.1, -0.05) is 36.4 Å². The zero-order chi connectivity index (χ0) is 14.8. The molecule has 1 heterocycles. The van der Waals surface area contributed by atoms with E-state index in [1.54, 1.807) is 7.11 Å². The SMILES string of the molecule is COc1ccc(C)c2cc(-c3ccccc3)c(NN)nc12. The lowest BCUT2D eigenvalue weighted by atomic mass is 10.0. The molecule has 0 unspecified atom stereocenters. The van der Waals surface area contributed by atoms with Gasteiger partial charge in [0.1, 0.15) is 17.1 Å². The Labute approximate surface area is 123 Å². The molecule has 21 heavy (non-hydrogen) atoms. The molecule has 0 spiro atoms. The van der Waals surface area contributed by atoms with Crippen molar-refractivity contribution in [3.63, 3.8) is 0 Å². The van der Waals surface area contributed by atoms with Gasteiger partial charge in [-0.3, -0.25) is 0 Å². The first kappa shape index (κ1) is 13.4. The van der Waals surface area contributed by atoms with E-state index in [1.165, 1.54) is 0 Å². The number of aryl methyl sites for hydroxylation is 1. The van der Waals surface area contributed by atoms with Crippen LogP contribution in [0.1, 0.15) is 5.56 Å². The molecule has 4 nitrogen and oxygen atoms in total. The van der Waals surface area contributed by atoms with Gasteiger partial charge in [0, 0.05) is 10.9 Å². The summed E-state index contributed by atoms with van der Waals surface area (Å²) in [6.07, 6.45) is 0. The molecule has 0 bridgehead atoms. The van der Waals surface area contributed by atoms with Gasteiger partial charge >= 0.3 is 0 Å². The number of hydrazine groups is 1. The number of nitrogens with zero attached hydrogens (tertiary/aromatic N) is 1. The number of anilines is 1. The van der Waals surface area contributed by atoms with Gasteiger partial charge in [0.05, 0.1) is 7.11 Å². The Morgan fingerprint density at radius 3 is 2.52 bits per heavy atom. The minimum absolute atomic E-state index is 0.637. The summed E-state index contributed by atoms with van der Waals surface area (Å²) in [5.74, 6) is 7.03. The highest BCUT2D eigenvalue weighted by Gasteiger charge is 2.12. The molecule has 0 radical (unpaired) electrons. The third-order valence-corrected chi connectivity index (χ3v) is 3.61. The number of nitrogens with one attached hydrogen (secondary N) is 1. The highest BCUT2D eigenvalue weighted by atomic mass is 16.5. The summed E-state index contributed by atoms with van der Waals surface area (Å²) in [4.78, 5) is 4.64. The van der Waals surface area contributed by atoms with Crippen molar-refractivity contribution in [1.29, 1.82) is 0 Å². The number of methoxy groups -OCH3 is 1. The maximum Gasteiger partial charge on any atom is 0.148 e. The van der Waals surface area contributed by atoms with Crippen molar-refractivity contribution in [2.24, 2.45) is 5.84 Å². The van der Waals surface area contributed by atoms with E-state index in [9.17, 15) is 0 Å². The monoisotopic (exact) mass is 279 g/mol. The van der Waals surface area contributed by atoms with E-state index in [1.807, 2.05) is 42.5 Å². The van der Waals surface area contributed by atoms with Crippen LogP contribution in [0, 0.1) is 6.92 Å². The van der Waals surface area contributed by atoms with E-state index < -0.39 is 0 Å². The van der Waals surface area contributed by atoms with Crippen LogP contribution in [0.4, 0.5) is 5.82 Å². The maximum atomic E-state index is 5.66. The molecular weight excluding hydrogens is 262 g/mol. The van der Waals surface area contributed by atoms with Crippen molar-refractivity contribution < 1.29 is 4.74 Å². The minimum Gasteiger partial charge on any atom is -0.494 e. The number of hydrogen-bond acceptors (Lipinski definition) is 4. The summed E-state index contributed by atoms with van der Waals surface area (Å²) in [5.41, 5.74) is 6.70. The Hall–Kier alpha value is -2.59. The number of ether oxygens (including phenoxy) is 1. The van der Waals surface area contributed by atoms with E-state index in [-0.39, 0.29) is 0 Å². The third-order valence-electron chi connectivity index (χ3n) is 3.61. The molecule has 3 aromatic rings. The average Bonchev–Trinajstić information content (AvgIpc) is 2.55. The fourth-order valence-corrected chi connectivity index (χ4v) is 2.48. The molecule has 106 valence electrons. The van der Waals surface area contributed by atoms with Crippen molar-refractivity contribution in [1.82, 2.24) is 4.98 Å². The Morgan fingerprint density at radius 1 is 1.10 bits per heavy atom. The number of hydrogen-bond donors (Lipinski definition) is 2. The van der Waals surface area contributed by atoms with Crippen LogP contribution in [-0.2, 0) is 0 Å². The molecule has 0 atom stereocenters. The molecule has 0 aliphatic heterocycles. The van der Waals surface area contributed by atoms with Gasteiger partial charge in [-0.2, -0.15) is 0 Å². The molecule has 4 heteroatoms. The van der Waals surface area contributed by atoms with E-state index in [2.05, 4.69) is 23.4 Å². The summed E-state index contributed by atoms with van der Waals surface area (Å²) in [6.45, 7) is 2.06. The molecule has 2 aromatic carbocycles. The topological polar surface area (TPSA) is 60.2 Å². The summed E-state index contributed by atoms with van der Waals surface area (Å²) >= 11 is 0. The number of fused-ring (bicyclic) bond motifs is 1. The zero-order valence-electron chi connectivity index (χ0n) is 12.1. The van der Waals surface area contributed by atoms with Gasteiger partial charge in [-0.15, -0.1) is 0 Å². The number of benzene rings is 2. The second-order valence-corrected chi connectivity index (χ2v) is 4.88. The van der Waals surface area contributed by atoms with Gasteiger partial charge in [-0.05, 0) is 30.2 Å². The van der Waals surface area contributed by atoms with Crippen LogP contribution in [0.5, 0.6) is 5.75 Å². The molecular formula is C17H17N3O. The molecule has 1 aromatic heterocycles. The third kappa shape index (κ3) is 2.30. The second-order valence-electron chi connectivity index (χ2n) is 4.88. The zero-order valence-corrected chi connectivity index (χ0v) is 12.1. The lowest BCUT2D eigenvalue weighted by molar-refractivity contribution is 0.419. The van der Waals surface area contributed by atoms with Gasteiger partial charge in [0.2, 0.25) is 0 Å². The largest absolute Gasteiger partial charge is 0.494 e. The lowest BCUT2D eigenvalue weighted by Crippen LogP contribution is -2.10. The Balaban J connectivity index is 2.34. The highest BCUT2D eigenvalue weighted by Crippen LogP contribution is 2.34. The Kier molecular flexibility index (Phi) is 3.46. The first-order valence-corrected chi connectivity index (χ1v) is 6.75. The first-order valence-electron chi connectivity index (χ1n) is 6.75. The predicted molar refractivity (Wildman–Crippen MR) is 86.3 cm³/mol. The van der Waals surface area contributed by atoms with Crippen LogP contribution in [0.3, 0.4) is 0 Å². The van der Waals surface area contributed by atoms with Crippen LogP contribution in [0.2, 0.25) is 0 Å². The fraction of sp³-hybridized carbons (Fsp3) is 0.118. The summed E-state index contributed by atoms with van der Waals surface area (Å²) in [6, 6.07) is 16.1. The molecule has 0 amide bonds. The van der Waals surface area contributed by atoms with Crippen LogP contribution in [-0.4, -0.2) is 12.1 Å². The van der Waals surface area contributed by atoms with Crippen LogP contribution in [0.15, 0.2) is 48.5 Å². The van der Waals surface area contributed by atoms with Crippen molar-refractivity contribution in [3.05, 3.63) is 54.1 Å². The Morgan fingerprint density at radius 2 is 1.86 bits per heavy atom. The first-order chi connectivity index (χ1) is 10.2. The van der Waals surface area contributed by atoms with Crippen LogP contribution < -0.4 is 16.0 Å². The van der Waals surface area contributed by atoms with Gasteiger partial charge in [0.15, 0.2) is 0 Å². The number of aromatic nitrogens is 1. The summed E-state index contributed by atoms with van der Waals surface area (Å²) in [7, 11) is 1.65. The molecule has 0 fully saturated rings.